The molecular weight excluding hydrogens is 398 g/mol. The molecule has 1 unspecified atom stereocenters. The Labute approximate surface area is 180 Å². The van der Waals surface area contributed by atoms with Gasteiger partial charge in [0.25, 0.3) is 0 Å². The molecule has 7 heteroatoms. The van der Waals surface area contributed by atoms with E-state index in [1.807, 2.05) is 30.3 Å². The van der Waals surface area contributed by atoms with Crippen molar-refractivity contribution in [2.45, 2.75) is 24.8 Å². The van der Waals surface area contributed by atoms with Gasteiger partial charge in [-0.3, -0.25) is 0 Å². The van der Waals surface area contributed by atoms with Crippen LogP contribution in [0.25, 0.3) is 10.8 Å². The second kappa shape index (κ2) is 9.32. The highest BCUT2D eigenvalue weighted by atomic mass is 32.2. The van der Waals surface area contributed by atoms with E-state index in [0.717, 1.165) is 50.1 Å². The summed E-state index contributed by atoms with van der Waals surface area (Å²) < 4.78 is 34.0. The van der Waals surface area contributed by atoms with Gasteiger partial charge >= 0.3 is 0 Å². The number of sulfonamides is 1. The maximum Gasteiger partial charge on any atom is 0.243 e. The van der Waals surface area contributed by atoms with Crippen LogP contribution in [0.1, 0.15) is 13.8 Å². The number of hydrogen-bond donors (Lipinski definition) is 2. The molecule has 2 aliphatic rings. The molecule has 2 aromatic rings. The van der Waals surface area contributed by atoms with E-state index in [0.29, 0.717) is 23.9 Å². The highest BCUT2D eigenvalue weighted by Gasteiger charge is 2.33. The maximum absolute atomic E-state index is 13.2. The second-order valence-corrected chi connectivity index (χ2v) is 11.1. The average molecular weight is 434 g/mol. The van der Waals surface area contributed by atoms with E-state index in [-0.39, 0.29) is 6.10 Å². The van der Waals surface area contributed by atoms with Crippen LogP contribution >= 0.6 is 0 Å². The van der Waals surface area contributed by atoms with E-state index in [9.17, 15) is 8.42 Å². The topological polar surface area (TPSA) is 55.5 Å². The van der Waals surface area contributed by atoms with Crippen molar-refractivity contribution < 1.29 is 23.0 Å². The number of piperazine rings is 1. The standard InChI is InChI=1S/C23H33N3O3S/c1-19(2)16-25-13-14-29-22(18-25)17-24-9-11-26(12-10-24)30(27,28)23-8-7-20-5-3-4-6-21(20)15-23/h3-8,15,19,22H,9-14,16-18H2,1-2H3/p+2/t22-/m0/s1. The van der Waals surface area contributed by atoms with Gasteiger partial charge < -0.3 is 14.5 Å². The number of nitrogens with one attached hydrogen (secondary N) is 2. The molecule has 2 saturated heterocycles. The van der Waals surface area contributed by atoms with E-state index in [1.165, 1.54) is 11.4 Å². The summed E-state index contributed by atoms with van der Waals surface area (Å²) in [7, 11) is -3.45. The van der Waals surface area contributed by atoms with Crippen molar-refractivity contribution in [2.24, 2.45) is 5.92 Å². The molecule has 0 amide bonds. The Balaban J connectivity index is 1.34. The Morgan fingerprint density at radius 3 is 2.50 bits per heavy atom. The second-order valence-electron chi connectivity index (χ2n) is 9.16. The Bertz CT molecular complexity index is 955. The van der Waals surface area contributed by atoms with E-state index < -0.39 is 10.0 Å². The van der Waals surface area contributed by atoms with Crippen molar-refractivity contribution in [3.63, 3.8) is 0 Å². The number of benzene rings is 2. The van der Waals surface area contributed by atoms with Crippen LogP contribution in [-0.4, -0.2) is 77.8 Å². The Kier molecular flexibility index (Phi) is 6.75. The fourth-order valence-corrected chi connectivity index (χ4v) is 6.27. The quantitative estimate of drug-likeness (QED) is 0.656. The molecule has 30 heavy (non-hydrogen) atoms. The van der Waals surface area contributed by atoms with Crippen molar-refractivity contribution >= 4 is 20.8 Å². The van der Waals surface area contributed by atoms with Crippen LogP contribution in [0.15, 0.2) is 47.4 Å². The third kappa shape index (κ3) is 5.03. The van der Waals surface area contributed by atoms with Crippen molar-refractivity contribution in [2.75, 3.05) is 59.0 Å². The first-order valence-electron chi connectivity index (χ1n) is 11.2. The summed E-state index contributed by atoms with van der Waals surface area (Å²) >= 11 is 0. The number of nitrogens with zero attached hydrogens (tertiary/aromatic N) is 1. The molecule has 6 nitrogen and oxygen atoms in total. The van der Waals surface area contributed by atoms with E-state index in [1.54, 1.807) is 21.3 Å². The molecule has 164 valence electrons. The van der Waals surface area contributed by atoms with Crippen LogP contribution in [0.3, 0.4) is 0 Å². The molecule has 0 aromatic heterocycles. The molecule has 2 aromatic carbocycles. The Morgan fingerprint density at radius 1 is 1.03 bits per heavy atom. The normalized spacial score (nSPS) is 24.5. The fraction of sp³-hybridized carbons (Fsp3) is 0.565. The van der Waals surface area contributed by atoms with Crippen LogP contribution in [0.4, 0.5) is 0 Å². The van der Waals surface area contributed by atoms with E-state index in [2.05, 4.69) is 13.8 Å². The van der Waals surface area contributed by atoms with Crippen molar-refractivity contribution in [3.05, 3.63) is 42.5 Å². The SMILES string of the molecule is CC(C)C[NH+]1CCO[C@@H](C[NH+]2CCN(S(=O)(=O)c3ccc4ccccc4c3)CC2)C1. The highest BCUT2D eigenvalue weighted by Crippen LogP contribution is 2.21. The molecule has 2 atom stereocenters. The minimum Gasteiger partial charge on any atom is -0.361 e. The molecule has 2 N–H and O–H groups in total. The van der Waals surface area contributed by atoms with Crippen LogP contribution in [0, 0.1) is 5.92 Å². The van der Waals surface area contributed by atoms with Gasteiger partial charge in [-0.25, -0.2) is 8.42 Å². The monoisotopic (exact) mass is 433 g/mol. The lowest BCUT2D eigenvalue weighted by atomic mass is 10.1. The molecular formula is C23H35N3O3S+2. The highest BCUT2D eigenvalue weighted by molar-refractivity contribution is 7.89. The van der Waals surface area contributed by atoms with E-state index in [4.69, 9.17) is 4.74 Å². The summed E-state index contributed by atoms with van der Waals surface area (Å²) in [6.07, 6.45) is 0.283. The molecule has 0 radical (unpaired) electrons. The molecule has 2 fully saturated rings. The molecule has 0 spiro atoms. The van der Waals surface area contributed by atoms with Gasteiger partial charge in [0.2, 0.25) is 10.0 Å². The lowest BCUT2D eigenvalue weighted by Gasteiger charge is -2.36. The summed E-state index contributed by atoms with van der Waals surface area (Å²) in [6, 6.07) is 13.3. The summed E-state index contributed by atoms with van der Waals surface area (Å²) in [4.78, 5) is 3.49. The van der Waals surface area contributed by atoms with Gasteiger partial charge in [-0.15, -0.1) is 0 Å². The third-order valence-corrected chi connectivity index (χ3v) is 8.22. The number of rotatable bonds is 6. The first-order chi connectivity index (χ1) is 14.4. The van der Waals surface area contributed by atoms with Gasteiger partial charge in [0, 0.05) is 5.92 Å². The zero-order valence-electron chi connectivity index (χ0n) is 18.1. The van der Waals surface area contributed by atoms with Gasteiger partial charge in [-0.05, 0) is 22.9 Å². The lowest BCUT2D eigenvalue weighted by molar-refractivity contribution is -0.935. The van der Waals surface area contributed by atoms with Crippen molar-refractivity contribution in [3.8, 4) is 0 Å². The van der Waals surface area contributed by atoms with Gasteiger partial charge in [-0.1, -0.05) is 44.2 Å². The Morgan fingerprint density at radius 2 is 1.77 bits per heavy atom. The molecule has 2 aliphatic heterocycles. The summed E-state index contributed by atoms with van der Waals surface area (Å²) in [6.45, 7) is 12.6. The zero-order valence-corrected chi connectivity index (χ0v) is 19.0. The van der Waals surface area contributed by atoms with E-state index >= 15 is 0 Å². The van der Waals surface area contributed by atoms with Crippen molar-refractivity contribution in [1.82, 2.24) is 4.31 Å². The van der Waals surface area contributed by atoms with Gasteiger partial charge in [-0.2, -0.15) is 4.31 Å². The Hall–Kier alpha value is -1.51. The molecule has 0 aliphatic carbocycles. The first-order valence-corrected chi connectivity index (χ1v) is 12.6. The smallest absolute Gasteiger partial charge is 0.243 e. The van der Waals surface area contributed by atoms with Crippen LogP contribution in [-0.2, 0) is 14.8 Å². The van der Waals surface area contributed by atoms with Crippen molar-refractivity contribution in [1.29, 1.82) is 0 Å². The van der Waals surface area contributed by atoms with Gasteiger partial charge in [0.15, 0.2) is 6.10 Å². The number of quaternary nitrogens is 2. The minimum absolute atomic E-state index is 0.283. The van der Waals surface area contributed by atoms with Gasteiger partial charge in [0.1, 0.15) is 19.6 Å². The maximum atomic E-state index is 13.2. The van der Waals surface area contributed by atoms with Gasteiger partial charge in [0.05, 0.1) is 44.2 Å². The number of fused-ring (bicyclic) bond motifs is 1. The van der Waals surface area contributed by atoms with Crippen LogP contribution < -0.4 is 9.80 Å². The molecule has 2 heterocycles. The number of ether oxygens (including phenoxy) is 1. The zero-order chi connectivity index (χ0) is 21.1. The molecule has 0 saturated carbocycles. The summed E-state index contributed by atoms with van der Waals surface area (Å²) in [5, 5.41) is 2.03. The lowest BCUT2D eigenvalue weighted by Crippen LogP contribution is -3.19. The fourth-order valence-electron chi connectivity index (χ4n) is 4.79. The first kappa shape index (κ1) is 21.7. The minimum atomic E-state index is -3.45. The third-order valence-electron chi connectivity index (χ3n) is 6.33. The number of morpholine rings is 1. The summed E-state index contributed by atoms with van der Waals surface area (Å²) in [5.41, 5.74) is 0. The average Bonchev–Trinajstić information content (AvgIpc) is 2.73. The van der Waals surface area contributed by atoms with Crippen LogP contribution in [0.2, 0.25) is 0 Å². The predicted octanol–water partition coefficient (Wildman–Crippen LogP) is -0.331. The largest absolute Gasteiger partial charge is 0.361 e. The van der Waals surface area contributed by atoms with Crippen LogP contribution in [0.5, 0.6) is 0 Å². The molecule has 0 bridgehead atoms. The summed E-state index contributed by atoms with van der Waals surface area (Å²) in [5.74, 6) is 0.704. The number of hydrogen-bond acceptors (Lipinski definition) is 3. The predicted molar refractivity (Wildman–Crippen MR) is 118 cm³/mol. The molecule has 4 rings (SSSR count).